The number of carbonyl (C=O) groups is 1. The summed E-state index contributed by atoms with van der Waals surface area (Å²) in [6.07, 6.45) is 2.40. The number of thiophene rings is 1. The van der Waals surface area contributed by atoms with Gasteiger partial charge in [-0.1, -0.05) is 42.1 Å². The van der Waals surface area contributed by atoms with Gasteiger partial charge in [0.15, 0.2) is 5.17 Å². The van der Waals surface area contributed by atoms with Gasteiger partial charge in [0.1, 0.15) is 0 Å². The van der Waals surface area contributed by atoms with E-state index in [0.717, 1.165) is 4.88 Å². The minimum atomic E-state index is -0.142. The Kier molecular flexibility index (Phi) is 4.70. The number of rotatable bonds is 4. The van der Waals surface area contributed by atoms with Crippen LogP contribution in [0.15, 0.2) is 52.0 Å². The van der Waals surface area contributed by atoms with Crippen LogP contribution in [0, 0.1) is 6.92 Å². The van der Waals surface area contributed by atoms with Gasteiger partial charge in [-0.3, -0.25) is 4.79 Å². The summed E-state index contributed by atoms with van der Waals surface area (Å²) in [7, 11) is 0. The van der Waals surface area contributed by atoms with Crippen LogP contribution in [-0.4, -0.2) is 22.5 Å². The summed E-state index contributed by atoms with van der Waals surface area (Å²) in [4.78, 5) is 13.1. The Labute approximate surface area is 137 Å². The Bertz CT molecular complexity index is 723. The SMILES string of the molecule is Cc1ccccc1C[C@@H]1S/C(=N/N=C\c2cccs2)NC1=O. The van der Waals surface area contributed by atoms with Crippen molar-refractivity contribution in [1.82, 2.24) is 5.32 Å². The van der Waals surface area contributed by atoms with Crippen molar-refractivity contribution in [1.29, 1.82) is 0 Å². The third kappa shape index (κ3) is 3.64. The highest BCUT2D eigenvalue weighted by Gasteiger charge is 2.30. The van der Waals surface area contributed by atoms with Crippen LogP contribution in [0.1, 0.15) is 16.0 Å². The first kappa shape index (κ1) is 15.0. The summed E-state index contributed by atoms with van der Waals surface area (Å²) in [5.74, 6) is -0.00155. The zero-order chi connectivity index (χ0) is 15.4. The Morgan fingerprint density at radius 3 is 2.91 bits per heavy atom. The summed E-state index contributed by atoms with van der Waals surface area (Å²) in [5.41, 5.74) is 2.40. The normalized spacial score (nSPS) is 20.0. The molecule has 1 aromatic carbocycles. The topological polar surface area (TPSA) is 53.8 Å². The van der Waals surface area contributed by atoms with Crippen molar-refractivity contribution in [3.05, 3.63) is 57.8 Å². The second-order valence-electron chi connectivity index (χ2n) is 4.89. The molecular formula is C16H15N3OS2. The van der Waals surface area contributed by atoms with Gasteiger partial charge in [0, 0.05) is 4.88 Å². The van der Waals surface area contributed by atoms with E-state index in [2.05, 4.69) is 34.6 Å². The first-order valence-electron chi connectivity index (χ1n) is 6.89. The zero-order valence-electron chi connectivity index (χ0n) is 12.0. The fourth-order valence-electron chi connectivity index (χ4n) is 2.13. The molecule has 0 radical (unpaired) electrons. The molecule has 1 N–H and O–H groups in total. The average Bonchev–Trinajstić information content (AvgIpc) is 3.12. The highest BCUT2D eigenvalue weighted by Crippen LogP contribution is 2.24. The molecule has 2 aromatic rings. The van der Waals surface area contributed by atoms with Crippen molar-refractivity contribution < 1.29 is 4.79 Å². The highest BCUT2D eigenvalue weighted by molar-refractivity contribution is 8.15. The largest absolute Gasteiger partial charge is 0.303 e. The molecule has 0 spiro atoms. The highest BCUT2D eigenvalue weighted by atomic mass is 32.2. The number of hydrogen-bond donors (Lipinski definition) is 1. The Hall–Kier alpha value is -1.92. The van der Waals surface area contributed by atoms with Crippen LogP contribution in [0.2, 0.25) is 0 Å². The third-order valence-electron chi connectivity index (χ3n) is 3.32. The zero-order valence-corrected chi connectivity index (χ0v) is 13.7. The van der Waals surface area contributed by atoms with Crippen LogP contribution in [0.3, 0.4) is 0 Å². The van der Waals surface area contributed by atoms with E-state index in [9.17, 15) is 4.79 Å². The van der Waals surface area contributed by atoms with Gasteiger partial charge in [-0.2, -0.15) is 5.10 Å². The van der Waals surface area contributed by atoms with Gasteiger partial charge < -0.3 is 5.32 Å². The third-order valence-corrected chi connectivity index (χ3v) is 5.20. The number of benzene rings is 1. The van der Waals surface area contributed by atoms with E-state index in [1.54, 1.807) is 17.6 Å². The van der Waals surface area contributed by atoms with Crippen LogP contribution in [0.5, 0.6) is 0 Å². The summed E-state index contributed by atoms with van der Waals surface area (Å²) in [6.45, 7) is 2.06. The molecule has 0 bridgehead atoms. The molecule has 6 heteroatoms. The summed E-state index contributed by atoms with van der Waals surface area (Å²) >= 11 is 3.04. The fourth-order valence-corrected chi connectivity index (χ4v) is 3.66. The van der Waals surface area contributed by atoms with Gasteiger partial charge in [-0.05, 0) is 35.9 Å². The van der Waals surface area contributed by atoms with Gasteiger partial charge in [0.2, 0.25) is 5.91 Å². The minimum Gasteiger partial charge on any atom is -0.303 e. The monoisotopic (exact) mass is 329 g/mol. The lowest BCUT2D eigenvalue weighted by Gasteiger charge is -2.07. The molecule has 1 atom stereocenters. The van der Waals surface area contributed by atoms with Gasteiger partial charge in [0.05, 0.1) is 11.5 Å². The molecule has 1 aliphatic heterocycles. The van der Waals surface area contributed by atoms with E-state index in [-0.39, 0.29) is 11.2 Å². The maximum Gasteiger partial charge on any atom is 0.239 e. The molecule has 3 rings (SSSR count). The van der Waals surface area contributed by atoms with Gasteiger partial charge in [-0.15, -0.1) is 16.4 Å². The maximum absolute atomic E-state index is 12.0. The molecule has 112 valence electrons. The van der Waals surface area contributed by atoms with Gasteiger partial charge in [-0.25, -0.2) is 0 Å². The minimum absolute atomic E-state index is 0.00155. The molecule has 1 aromatic heterocycles. The van der Waals surface area contributed by atoms with E-state index in [0.29, 0.717) is 11.6 Å². The average molecular weight is 329 g/mol. The van der Waals surface area contributed by atoms with Gasteiger partial charge in [0.25, 0.3) is 0 Å². The van der Waals surface area contributed by atoms with Gasteiger partial charge >= 0.3 is 0 Å². The first-order valence-corrected chi connectivity index (χ1v) is 8.65. The molecule has 1 saturated heterocycles. The number of amidine groups is 1. The van der Waals surface area contributed by atoms with Crippen LogP contribution in [-0.2, 0) is 11.2 Å². The molecule has 0 saturated carbocycles. The van der Waals surface area contributed by atoms with E-state index in [1.807, 2.05) is 29.6 Å². The summed E-state index contributed by atoms with van der Waals surface area (Å²) in [5, 5.41) is 13.3. The second-order valence-corrected chi connectivity index (χ2v) is 7.06. The Balaban J connectivity index is 1.64. The number of hydrogen-bond acceptors (Lipinski definition) is 5. The molecule has 0 aliphatic carbocycles. The number of amides is 1. The predicted octanol–water partition coefficient (Wildman–Crippen LogP) is 3.22. The molecule has 0 unspecified atom stereocenters. The van der Waals surface area contributed by atoms with Crippen molar-refractivity contribution in [3.8, 4) is 0 Å². The Morgan fingerprint density at radius 2 is 2.14 bits per heavy atom. The number of nitrogens with zero attached hydrogens (tertiary/aromatic N) is 2. The second kappa shape index (κ2) is 6.89. The predicted molar refractivity (Wildman–Crippen MR) is 93.8 cm³/mol. The lowest BCUT2D eigenvalue weighted by atomic mass is 10.0. The molecule has 2 heterocycles. The quantitative estimate of drug-likeness (QED) is 0.692. The number of nitrogens with one attached hydrogen (secondary N) is 1. The molecule has 4 nitrogen and oxygen atoms in total. The molecule has 1 fully saturated rings. The summed E-state index contributed by atoms with van der Waals surface area (Å²) < 4.78 is 0. The van der Waals surface area contributed by atoms with Crippen molar-refractivity contribution in [2.24, 2.45) is 10.2 Å². The molecule has 1 aliphatic rings. The molecule has 22 heavy (non-hydrogen) atoms. The van der Waals surface area contributed by atoms with Crippen LogP contribution < -0.4 is 5.32 Å². The lowest BCUT2D eigenvalue weighted by Crippen LogP contribution is -2.26. The van der Waals surface area contributed by atoms with Crippen molar-refractivity contribution in [2.75, 3.05) is 0 Å². The number of aryl methyl sites for hydroxylation is 1. The smallest absolute Gasteiger partial charge is 0.239 e. The molecular weight excluding hydrogens is 314 g/mol. The van der Waals surface area contributed by atoms with Crippen LogP contribution in [0.4, 0.5) is 0 Å². The van der Waals surface area contributed by atoms with E-state index >= 15 is 0 Å². The summed E-state index contributed by atoms with van der Waals surface area (Å²) in [6, 6.07) is 12.1. The van der Waals surface area contributed by atoms with Crippen LogP contribution in [0.25, 0.3) is 0 Å². The van der Waals surface area contributed by atoms with E-state index in [4.69, 9.17) is 0 Å². The Morgan fingerprint density at radius 1 is 1.27 bits per heavy atom. The first-order chi connectivity index (χ1) is 10.7. The molecule has 1 amide bonds. The fraction of sp³-hybridized carbons (Fsp3) is 0.188. The van der Waals surface area contributed by atoms with Crippen LogP contribution >= 0.6 is 23.1 Å². The van der Waals surface area contributed by atoms with Crippen molar-refractivity contribution in [3.63, 3.8) is 0 Å². The van der Waals surface area contributed by atoms with E-state index in [1.165, 1.54) is 22.9 Å². The number of carbonyl (C=O) groups excluding carboxylic acids is 1. The maximum atomic E-state index is 12.0. The lowest BCUT2D eigenvalue weighted by molar-refractivity contribution is -0.118. The van der Waals surface area contributed by atoms with Crippen molar-refractivity contribution >= 4 is 40.4 Å². The number of thioether (sulfide) groups is 1. The standard InChI is InChI=1S/C16H15N3OS2/c1-11-5-2-3-6-12(11)9-14-15(20)18-16(22-14)19-17-10-13-7-4-8-21-13/h2-8,10,14H,9H2,1H3,(H,18,19,20)/b17-10-/t14-/m0/s1. The van der Waals surface area contributed by atoms with E-state index < -0.39 is 0 Å². The van der Waals surface area contributed by atoms with Crippen molar-refractivity contribution in [2.45, 2.75) is 18.6 Å².